The molecule has 0 N–H and O–H groups in total. The van der Waals surface area contributed by atoms with E-state index < -0.39 is 10.2 Å². The fourth-order valence-electron chi connectivity index (χ4n) is 3.75. The van der Waals surface area contributed by atoms with Gasteiger partial charge >= 0.3 is 0 Å². The summed E-state index contributed by atoms with van der Waals surface area (Å²) >= 11 is 0. The minimum Gasteiger partial charge on any atom is -0.373 e. The van der Waals surface area contributed by atoms with Crippen molar-refractivity contribution in [3.05, 3.63) is 35.9 Å². The number of ether oxygens (including phenoxy) is 1. The second kappa shape index (κ2) is 7.72. The summed E-state index contributed by atoms with van der Waals surface area (Å²) in [7, 11) is -3.40. The zero-order valence-corrected chi connectivity index (χ0v) is 16.2. The van der Waals surface area contributed by atoms with Crippen molar-refractivity contribution < 1.29 is 13.2 Å². The molecule has 2 saturated heterocycles. The van der Waals surface area contributed by atoms with E-state index in [9.17, 15) is 8.42 Å². The van der Waals surface area contributed by atoms with Gasteiger partial charge in [0.05, 0.1) is 12.2 Å². The molecule has 3 atom stereocenters. The van der Waals surface area contributed by atoms with Gasteiger partial charge in [0.25, 0.3) is 10.2 Å². The maximum Gasteiger partial charge on any atom is 0.282 e. The third-order valence-electron chi connectivity index (χ3n) is 5.14. The fourth-order valence-corrected chi connectivity index (χ4v) is 5.49. The van der Waals surface area contributed by atoms with Crippen LogP contribution < -0.4 is 0 Å². The smallest absolute Gasteiger partial charge is 0.282 e. The highest BCUT2D eigenvalue weighted by Crippen LogP contribution is 2.24. The van der Waals surface area contributed by atoms with Crippen molar-refractivity contribution in [2.75, 3.05) is 39.3 Å². The molecular weight excluding hydrogens is 338 g/mol. The molecule has 25 heavy (non-hydrogen) atoms. The SMILES string of the molecule is CC1CN(S(=O)(=O)N2CCN(C(C)c3ccccc3)CC2)CC(C)O1. The molecular formula is C18H29N3O3S. The van der Waals surface area contributed by atoms with Crippen LogP contribution in [0.5, 0.6) is 0 Å². The quantitative estimate of drug-likeness (QED) is 0.813. The van der Waals surface area contributed by atoms with Crippen molar-refractivity contribution in [2.24, 2.45) is 0 Å². The summed E-state index contributed by atoms with van der Waals surface area (Å²) in [6, 6.07) is 10.7. The van der Waals surface area contributed by atoms with Crippen molar-refractivity contribution in [1.29, 1.82) is 0 Å². The predicted molar refractivity (Wildman–Crippen MR) is 98.5 cm³/mol. The monoisotopic (exact) mass is 367 g/mol. The minimum absolute atomic E-state index is 0.0575. The highest BCUT2D eigenvalue weighted by Gasteiger charge is 2.37. The number of hydrogen-bond acceptors (Lipinski definition) is 4. The summed E-state index contributed by atoms with van der Waals surface area (Å²) in [4.78, 5) is 2.35. The number of morpholine rings is 1. The molecule has 0 spiro atoms. The van der Waals surface area contributed by atoms with Gasteiger partial charge in [-0.25, -0.2) is 0 Å². The first-order valence-electron chi connectivity index (χ1n) is 9.07. The topological polar surface area (TPSA) is 53.1 Å². The maximum atomic E-state index is 13.0. The van der Waals surface area contributed by atoms with Crippen molar-refractivity contribution in [3.63, 3.8) is 0 Å². The van der Waals surface area contributed by atoms with Gasteiger partial charge in [0.2, 0.25) is 0 Å². The second-order valence-electron chi connectivity index (χ2n) is 7.10. The molecule has 3 unspecified atom stereocenters. The Bertz CT molecular complexity index is 649. The highest BCUT2D eigenvalue weighted by atomic mass is 32.2. The molecule has 1 aromatic rings. The Balaban J connectivity index is 1.61. The van der Waals surface area contributed by atoms with Crippen LogP contribution in [0.2, 0.25) is 0 Å². The van der Waals surface area contributed by atoms with Crippen molar-refractivity contribution in [3.8, 4) is 0 Å². The van der Waals surface area contributed by atoms with Gasteiger partial charge in [-0.15, -0.1) is 0 Å². The average molecular weight is 368 g/mol. The molecule has 0 bridgehead atoms. The molecule has 7 heteroatoms. The summed E-state index contributed by atoms with van der Waals surface area (Å²) in [5, 5.41) is 0. The number of nitrogens with zero attached hydrogens (tertiary/aromatic N) is 3. The molecule has 0 radical (unpaired) electrons. The summed E-state index contributed by atoms with van der Waals surface area (Å²) in [5.74, 6) is 0. The Morgan fingerprint density at radius 3 is 2.08 bits per heavy atom. The van der Waals surface area contributed by atoms with Gasteiger partial charge in [-0.05, 0) is 26.3 Å². The molecule has 2 aliphatic heterocycles. The van der Waals surface area contributed by atoms with Crippen LogP contribution in [0.4, 0.5) is 0 Å². The van der Waals surface area contributed by atoms with E-state index in [-0.39, 0.29) is 12.2 Å². The zero-order valence-electron chi connectivity index (χ0n) is 15.3. The van der Waals surface area contributed by atoms with Gasteiger partial charge in [-0.3, -0.25) is 4.90 Å². The van der Waals surface area contributed by atoms with Crippen LogP contribution >= 0.6 is 0 Å². The molecule has 2 aliphatic rings. The molecule has 0 aliphatic carbocycles. The van der Waals surface area contributed by atoms with Crippen LogP contribution in [0.15, 0.2) is 30.3 Å². The number of piperazine rings is 1. The standard InChI is InChI=1S/C18H29N3O3S/c1-15-13-21(14-16(2)24-15)25(22,23)20-11-9-19(10-12-20)17(3)18-7-5-4-6-8-18/h4-8,15-17H,9-14H2,1-3H3. The van der Waals surface area contributed by atoms with Crippen LogP contribution in [0.1, 0.15) is 32.4 Å². The molecule has 6 nitrogen and oxygen atoms in total. The van der Waals surface area contributed by atoms with Crippen molar-refractivity contribution in [1.82, 2.24) is 13.5 Å². The van der Waals surface area contributed by atoms with E-state index in [2.05, 4.69) is 24.0 Å². The average Bonchev–Trinajstić information content (AvgIpc) is 2.61. The van der Waals surface area contributed by atoms with E-state index >= 15 is 0 Å². The van der Waals surface area contributed by atoms with E-state index in [4.69, 9.17) is 4.74 Å². The van der Waals surface area contributed by atoms with Gasteiger partial charge in [-0.2, -0.15) is 17.0 Å². The third-order valence-corrected chi connectivity index (χ3v) is 7.11. The number of rotatable bonds is 4. The normalized spacial score (nSPS) is 28.8. The van der Waals surface area contributed by atoms with E-state index in [0.29, 0.717) is 32.2 Å². The van der Waals surface area contributed by atoms with Gasteiger partial charge in [0.15, 0.2) is 0 Å². The second-order valence-corrected chi connectivity index (χ2v) is 9.03. The molecule has 2 fully saturated rings. The first kappa shape index (κ1) is 18.8. The zero-order chi connectivity index (χ0) is 18.0. The summed E-state index contributed by atoms with van der Waals surface area (Å²) in [6.07, 6.45) is -0.115. The Morgan fingerprint density at radius 2 is 1.52 bits per heavy atom. The first-order chi connectivity index (χ1) is 11.9. The van der Waals surface area contributed by atoms with Gasteiger partial charge in [0.1, 0.15) is 0 Å². The lowest BCUT2D eigenvalue weighted by Crippen LogP contribution is -2.57. The summed E-state index contributed by atoms with van der Waals surface area (Å²) in [5.41, 5.74) is 1.27. The van der Waals surface area contributed by atoms with Gasteiger partial charge < -0.3 is 4.74 Å². The van der Waals surface area contributed by atoms with E-state index in [1.54, 1.807) is 8.61 Å². The lowest BCUT2D eigenvalue weighted by atomic mass is 10.1. The van der Waals surface area contributed by atoms with Crippen molar-refractivity contribution >= 4 is 10.2 Å². The summed E-state index contributed by atoms with van der Waals surface area (Å²) < 4.78 is 34.8. The Morgan fingerprint density at radius 1 is 0.960 bits per heavy atom. The maximum absolute atomic E-state index is 13.0. The van der Waals surface area contributed by atoms with Crippen LogP contribution in [0, 0.1) is 0 Å². The third kappa shape index (κ3) is 4.23. The van der Waals surface area contributed by atoms with E-state index in [0.717, 1.165) is 13.1 Å². The molecule has 0 amide bonds. The first-order valence-corrected chi connectivity index (χ1v) is 10.5. The lowest BCUT2D eigenvalue weighted by Gasteiger charge is -2.41. The molecule has 0 aromatic heterocycles. The lowest BCUT2D eigenvalue weighted by molar-refractivity contribution is -0.0458. The Kier molecular flexibility index (Phi) is 5.80. The Hall–Kier alpha value is -0.990. The molecule has 140 valence electrons. The highest BCUT2D eigenvalue weighted by molar-refractivity contribution is 7.86. The van der Waals surface area contributed by atoms with Crippen LogP contribution in [-0.2, 0) is 14.9 Å². The molecule has 1 aromatic carbocycles. The summed E-state index contributed by atoms with van der Waals surface area (Å²) in [6.45, 7) is 9.51. The number of benzene rings is 1. The fraction of sp³-hybridized carbons (Fsp3) is 0.667. The Labute approximate surface area is 151 Å². The largest absolute Gasteiger partial charge is 0.373 e. The molecule has 2 heterocycles. The van der Waals surface area contributed by atoms with Crippen LogP contribution in [0.25, 0.3) is 0 Å². The van der Waals surface area contributed by atoms with Gasteiger partial charge in [0, 0.05) is 45.3 Å². The molecule has 0 saturated carbocycles. The minimum atomic E-state index is -3.40. The van der Waals surface area contributed by atoms with Crippen LogP contribution in [0.3, 0.4) is 0 Å². The van der Waals surface area contributed by atoms with E-state index in [1.807, 2.05) is 32.0 Å². The van der Waals surface area contributed by atoms with Gasteiger partial charge in [-0.1, -0.05) is 30.3 Å². The van der Waals surface area contributed by atoms with Crippen LogP contribution in [-0.4, -0.2) is 73.4 Å². The predicted octanol–water partition coefficient (Wildman–Crippen LogP) is 1.72. The van der Waals surface area contributed by atoms with E-state index in [1.165, 1.54) is 5.56 Å². The number of hydrogen-bond donors (Lipinski definition) is 0. The molecule has 3 rings (SSSR count). The van der Waals surface area contributed by atoms with Crippen molar-refractivity contribution in [2.45, 2.75) is 39.0 Å².